The molecule has 0 bridgehead atoms. The molecule has 12 heteroatoms. The third kappa shape index (κ3) is 7.35. The Morgan fingerprint density at radius 3 is 2.62 bits per heavy atom. The van der Waals surface area contributed by atoms with Crippen LogP contribution >= 0.6 is 73.1 Å². The van der Waals surface area contributed by atoms with Gasteiger partial charge in [-0.2, -0.15) is 0 Å². The van der Waals surface area contributed by atoms with Gasteiger partial charge in [0.25, 0.3) is 5.56 Å². The molecule has 234 valence electrons. The first-order chi connectivity index (χ1) is 21.5. The van der Waals surface area contributed by atoms with Crippen molar-refractivity contribution in [3.05, 3.63) is 120 Å². The van der Waals surface area contributed by atoms with Gasteiger partial charge in [0.2, 0.25) is 0 Å². The van der Waals surface area contributed by atoms with Gasteiger partial charge < -0.3 is 14.2 Å². The molecule has 4 aromatic rings. The Kier molecular flexibility index (Phi) is 10.8. The van der Waals surface area contributed by atoms with E-state index in [1.54, 1.807) is 36.6 Å². The quantitative estimate of drug-likeness (QED) is 0.127. The summed E-state index contributed by atoms with van der Waals surface area (Å²) in [6.07, 6.45) is 1.66. The number of benzene rings is 3. The summed E-state index contributed by atoms with van der Waals surface area (Å²) in [4.78, 5) is 32.8. The molecule has 0 radical (unpaired) electrons. The number of carbonyl (C=O) groups is 1. The fraction of sp³-hybridized carbons (Fsp3) is 0.242. The second-order valence-corrected chi connectivity index (χ2v) is 14.3. The number of rotatable bonds is 9. The summed E-state index contributed by atoms with van der Waals surface area (Å²) in [5, 5.41) is 0.907. The maximum Gasteiger partial charge on any atom is 0.338 e. The predicted molar refractivity (Wildman–Crippen MR) is 190 cm³/mol. The molecule has 0 amide bonds. The first-order valence-corrected chi connectivity index (χ1v) is 17.4. The lowest BCUT2D eigenvalue weighted by molar-refractivity contribution is -0.139. The Morgan fingerprint density at radius 2 is 1.91 bits per heavy atom. The zero-order chi connectivity index (χ0) is 32.4. The summed E-state index contributed by atoms with van der Waals surface area (Å²) in [7, 11) is 0. The first-order valence-electron chi connectivity index (χ1n) is 14.0. The molecule has 3 aromatic carbocycles. The molecule has 0 spiro atoms. The summed E-state index contributed by atoms with van der Waals surface area (Å²) in [6.45, 7) is 7.78. The summed E-state index contributed by atoms with van der Waals surface area (Å²) in [5.74, 6) is 0.645. The average molecular weight is 842 g/mol. The number of ether oxygens (including phenoxy) is 3. The molecule has 1 aliphatic heterocycles. The first kappa shape index (κ1) is 33.7. The lowest BCUT2D eigenvalue weighted by Crippen LogP contribution is -2.40. The number of aromatic nitrogens is 1. The monoisotopic (exact) mass is 840 g/mol. The smallest absolute Gasteiger partial charge is 0.338 e. The van der Waals surface area contributed by atoms with Crippen LogP contribution in [-0.4, -0.2) is 23.2 Å². The number of hydrogen-bond acceptors (Lipinski definition) is 7. The van der Waals surface area contributed by atoms with Crippen molar-refractivity contribution in [1.29, 1.82) is 0 Å². The highest BCUT2D eigenvalue weighted by Gasteiger charge is 2.35. The highest BCUT2D eigenvalue weighted by molar-refractivity contribution is 14.1. The fourth-order valence-corrected chi connectivity index (χ4v) is 7.98. The Hall–Kier alpha value is -2.64. The molecule has 7 nitrogen and oxygen atoms in total. The van der Waals surface area contributed by atoms with E-state index >= 15 is 0 Å². The third-order valence-electron chi connectivity index (χ3n) is 6.78. The predicted octanol–water partition coefficient (Wildman–Crippen LogP) is 7.84. The van der Waals surface area contributed by atoms with E-state index in [4.69, 9.17) is 42.4 Å². The minimum absolute atomic E-state index is 0.126. The molecule has 1 atom stereocenters. The standard InChI is InChI=1S/C33H28BrCl2IN2O5S/c1-5-42-32(41)28-18(4)38-33-39(29(28)22-8-6-7-9-26(22)44-17(2)3)31(40)27(45-33)14-20-13-21(34)15-25(37)30(20)43-16-19-10-11-23(35)24(36)12-19/h6-15,17,29H,5,16H2,1-4H3/b27-14-/t29-/m0/s1. The highest BCUT2D eigenvalue weighted by Crippen LogP contribution is 2.37. The van der Waals surface area contributed by atoms with Crippen molar-refractivity contribution in [3.63, 3.8) is 0 Å². The largest absolute Gasteiger partial charge is 0.491 e. The van der Waals surface area contributed by atoms with Gasteiger partial charge in [0.15, 0.2) is 4.80 Å². The van der Waals surface area contributed by atoms with Gasteiger partial charge in [0.1, 0.15) is 24.1 Å². The maximum absolute atomic E-state index is 14.3. The normalized spacial score (nSPS) is 14.8. The van der Waals surface area contributed by atoms with E-state index in [-0.39, 0.29) is 24.9 Å². The van der Waals surface area contributed by atoms with Crippen molar-refractivity contribution in [2.75, 3.05) is 6.61 Å². The Bertz CT molecular complexity index is 2010. The molecular weight excluding hydrogens is 814 g/mol. The van der Waals surface area contributed by atoms with Gasteiger partial charge in [0, 0.05) is 15.6 Å². The molecule has 0 N–H and O–H groups in total. The molecule has 1 aliphatic rings. The summed E-state index contributed by atoms with van der Waals surface area (Å²) in [5.41, 5.74) is 2.67. The van der Waals surface area contributed by atoms with Gasteiger partial charge in [0.05, 0.1) is 42.1 Å². The Balaban J connectivity index is 1.66. The van der Waals surface area contributed by atoms with E-state index in [9.17, 15) is 9.59 Å². The molecule has 2 heterocycles. The number of halogens is 4. The molecule has 0 unspecified atom stereocenters. The number of thiazole rings is 1. The molecule has 1 aromatic heterocycles. The average Bonchev–Trinajstić information content (AvgIpc) is 3.27. The van der Waals surface area contributed by atoms with Gasteiger partial charge in [-0.05, 0) is 92.3 Å². The van der Waals surface area contributed by atoms with Gasteiger partial charge in [-0.15, -0.1) is 0 Å². The molecular formula is C33H28BrCl2IN2O5S. The number of carbonyl (C=O) groups excluding carboxylic acids is 1. The van der Waals surface area contributed by atoms with Crippen LogP contribution in [0.25, 0.3) is 6.08 Å². The van der Waals surface area contributed by atoms with E-state index < -0.39 is 12.0 Å². The van der Waals surface area contributed by atoms with Crippen LogP contribution in [0.3, 0.4) is 0 Å². The fourth-order valence-electron chi connectivity index (χ4n) is 4.92. The lowest BCUT2D eigenvalue weighted by atomic mass is 9.95. The van der Waals surface area contributed by atoms with E-state index in [0.717, 1.165) is 13.6 Å². The second-order valence-electron chi connectivity index (χ2n) is 10.3. The van der Waals surface area contributed by atoms with Crippen LogP contribution in [0.1, 0.15) is 50.4 Å². The lowest BCUT2D eigenvalue weighted by Gasteiger charge is -2.26. The van der Waals surface area contributed by atoms with E-state index in [2.05, 4.69) is 38.5 Å². The molecule has 0 fully saturated rings. The van der Waals surface area contributed by atoms with Gasteiger partial charge in [-0.25, -0.2) is 9.79 Å². The third-order valence-corrected chi connectivity index (χ3v) is 9.77. The van der Waals surface area contributed by atoms with E-state index in [0.29, 0.717) is 53.3 Å². The molecule has 45 heavy (non-hydrogen) atoms. The summed E-state index contributed by atoms with van der Waals surface area (Å²) >= 11 is 19.3. The van der Waals surface area contributed by atoms with Gasteiger partial charge in [-0.3, -0.25) is 9.36 Å². The number of allylic oxidation sites excluding steroid dienone is 1. The SMILES string of the molecule is CCOC(=O)C1=C(C)N=c2s/c(=C\c3cc(Br)cc(I)c3OCc3ccc(Cl)c(Cl)c3)c(=O)n2[C@H]1c1ccccc1OC(C)C. The van der Waals surface area contributed by atoms with E-state index in [1.165, 1.54) is 11.3 Å². The van der Waals surface area contributed by atoms with Crippen molar-refractivity contribution in [3.8, 4) is 11.5 Å². The summed E-state index contributed by atoms with van der Waals surface area (Å²) < 4.78 is 21.5. The zero-order valence-electron chi connectivity index (χ0n) is 24.7. The van der Waals surface area contributed by atoms with Gasteiger partial charge >= 0.3 is 5.97 Å². The van der Waals surface area contributed by atoms with Crippen LogP contribution in [-0.2, 0) is 16.1 Å². The van der Waals surface area contributed by atoms with Crippen LogP contribution in [0.15, 0.2) is 80.1 Å². The number of para-hydroxylation sites is 1. The minimum atomic E-state index is -0.801. The van der Waals surface area contributed by atoms with Crippen molar-refractivity contribution in [2.24, 2.45) is 4.99 Å². The van der Waals surface area contributed by atoms with Gasteiger partial charge in [-0.1, -0.05) is 74.7 Å². The molecule has 0 saturated heterocycles. The van der Waals surface area contributed by atoms with Crippen molar-refractivity contribution < 1.29 is 19.0 Å². The zero-order valence-corrected chi connectivity index (χ0v) is 30.8. The highest BCUT2D eigenvalue weighted by atomic mass is 127. The molecule has 0 aliphatic carbocycles. The minimum Gasteiger partial charge on any atom is -0.491 e. The van der Waals surface area contributed by atoms with E-state index in [1.807, 2.05) is 56.3 Å². The van der Waals surface area contributed by atoms with Crippen LogP contribution < -0.4 is 24.4 Å². The molecule has 0 saturated carbocycles. The van der Waals surface area contributed by atoms with Crippen molar-refractivity contribution >= 4 is 85.1 Å². The van der Waals surface area contributed by atoms with Crippen molar-refractivity contribution in [1.82, 2.24) is 4.57 Å². The van der Waals surface area contributed by atoms with Crippen LogP contribution in [0.2, 0.25) is 10.0 Å². The topological polar surface area (TPSA) is 79.1 Å². The summed E-state index contributed by atoms with van der Waals surface area (Å²) in [6, 6.07) is 15.8. The van der Waals surface area contributed by atoms with Crippen LogP contribution in [0.5, 0.6) is 11.5 Å². The Labute approximate surface area is 296 Å². The van der Waals surface area contributed by atoms with Crippen molar-refractivity contribution in [2.45, 2.75) is 46.4 Å². The second kappa shape index (κ2) is 14.4. The number of esters is 1. The van der Waals surface area contributed by atoms with Crippen LogP contribution in [0, 0.1) is 3.57 Å². The Morgan fingerprint density at radius 1 is 1.16 bits per heavy atom. The van der Waals surface area contributed by atoms with Crippen LogP contribution in [0.4, 0.5) is 0 Å². The number of fused-ring (bicyclic) bond motifs is 1. The number of hydrogen-bond donors (Lipinski definition) is 0. The molecule has 5 rings (SSSR count). The maximum atomic E-state index is 14.3. The number of nitrogens with zero attached hydrogens (tertiary/aromatic N) is 2.